The standard InChI is InChI=1S/C22H25N3O4S/c1-15-11-16(2)13-24(12-15)30(28,29)18-9-7-17(8-10-18)22(27)25-14-21(26)23-19-5-3-4-6-20(19)25/h3-10,15-16H,11-14H2,1-2H3,(H,23,26)/t15-,16+. The zero-order chi connectivity index (χ0) is 21.5. The van der Waals surface area contributed by atoms with E-state index in [-0.39, 0.29) is 23.3 Å². The van der Waals surface area contributed by atoms with Crippen molar-refractivity contribution in [3.8, 4) is 0 Å². The number of para-hydroxylation sites is 2. The molecule has 0 radical (unpaired) electrons. The van der Waals surface area contributed by atoms with E-state index in [1.54, 1.807) is 24.3 Å². The first-order chi connectivity index (χ1) is 14.3. The van der Waals surface area contributed by atoms with E-state index < -0.39 is 10.0 Å². The van der Waals surface area contributed by atoms with E-state index in [2.05, 4.69) is 19.2 Å². The third-order valence-corrected chi connectivity index (χ3v) is 7.44. The minimum Gasteiger partial charge on any atom is -0.323 e. The number of benzene rings is 2. The van der Waals surface area contributed by atoms with Crippen LogP contribution in [0.25, 0.3) is 0 Å². The summed E-state index contributed by atoms with van der Waals surface area (Å²) in [5, 5.41) is 2.75. The SMILES string of the molecule is C[C@@H]1C[C@H](C)CN(S(=O)(=O)c2ccc(C(=O)N3CC(=O)Nc4ccccc43)cc2)C1. The number of amides is 2. The quantitative estimate of drug-likeness (QED) is 0.816. The fourth-order valence-corrected chi connectivity index (χ4v) is 5.97. The molecule has 2 aliphatic rings. The summed E-state index contributed by atoms with van der Waals surface area (Å²) in [6, 6.07) is 13.1. The Labute approximate surface area is 176 Å². The van der Waals surface area contributed by atoms with Gasteiger partial charge in [0.25, 0.3) is 5.91 Å². The first-order valence-corrected chi connectivity index (χ1v) is 11.5. The number of nitrogens with one attached hydrogen (secondary N) is 1. The molecule has 4 rings (SSSR count). The van der Waals surface area contributed by atoms with Crippen LogP contribution in [0.3, 0.4) is 0 Å². The third-order valence-electron chi connectivity index (χ3n) is 5.59. The van der Waals surface area contributed by atoms with E-state index >= 15 is 0 Å². The highest BCUT2D eigenvalue weighted by molar-refractivity contribution is 7.89. The van der Waals surface area contributed by atoms with Crippen LogP contribution in [0, 0.1) is 11.8 Å². The second kappa shape index (κ2) is 7.85. The second-order valence-electron chi connectivity index (χ2n) is 8.25. The van der Waals surface area contributed by atoms with E-state index in [0.717, 1.165) is 6.42 Å². The van der Waals surface area contributed by atoms with Crippen molar-refractivity contribution in [2.45, 2.75) is 25.2 Å². The lowest BCUT2D eigenvalue weighted by molar-refractivity contribution is -0.115. The van der Waals surface area contributed by atoms with Crippen LogP contribution >= 0.6 is 0 Å². The lowest BCUT2D eigenvalue weighted by atomic mass is 9.94. The van der Waals surface area contributed by atoms with Crippen molar-refractivity contribution >= 4 is 33.2 Å². The number of hydrogen-bond acceptors (Lipinski definition) is 4. The maximum absolute atomic E-state index is 13.0. The van der Waals surface area contributed by atoms with Gasteiger partial charge in [-0.2, -0.15) is 4.31 Å². The van der Waals surface area contributed by atoms with Gasteiger partial charge in [0, 0.05) is 18.7 Å². The topological polar surface area (TPSA) is 86.8 Å². The second-order valence-corrected chi connectivity index (χ2v) is 10.2. The highest BCUT2D eigenvalue weighted by Crippen LogP contribution is 2.31. The molecule has 1 saturated heterocycles. The molecule has 30 heavy (non-hydrogen) atoms. The van der Waals surface area contributed by atoms with Gasteiger partial charge in [0.2, 0.25) is 15.9 Å². The first kappa shape index (κ1) is 20.6. The fraction of sp³-hybridized carbons (Fsp3) is 0.364. The third kappa shape index (κ3) is 3.85. The van der Waals surface area contributed by atoms with Gasteiger partial charge in [0.05, 0.1) is 16.3 Å². The Morgan fingerprint density at radius 3 is 2.30 bits per heavy atom. The lowest BCUT2D eigenvalue weighted by Crippen LogP contribution is -2.42. The molecular formula is C22H25N3O4S. The molecule has 2 amide bonds. The molecule has 0 saturated carbocycles. The molecule has 2 aromatic rings. The average Bonchev–Trinajstić information content (AvgIpc) is 2.72. The Kier molecular flexibility index (Phi) is 5.38. The number of hydrogen-bond donors (Lipinski definition) is 1. The predicted octanol–water partition coefficient (Wildman–Crippen LogP) is 2.95. The fourth-order valence-electron chi connectivity index (χ4n) is 4.29. The lowest BCUT2D eigenvalue weighted by Gasteiger charge is -2.34. The summed E-state index contributed by atoms with van der Waals surface area (Å²) in [5.41, 5.74) is 1.53. The summed E-state index contributed by atoms with van der Waals surface area (Å²) >= 11 is 0. The highest BCUT2D eigenvalue weighted by Gasteiger charge is 2.32. The molecule has 2 atom stereocenters. The number of piperidine rings is 1. The zero-order valence-electron chi connectivity index (χ0n) is 17.0. The van der Waals surface area contributed by atoms with E-state index in [1.165, 1.54) is 33.5 Å². The summed E-state index contributed by atoms with van der Waals surface area (Å²) in [4.78, 5) is 26.6. The maximum atomic E-state index is 13.0. The molecule has 0 bridgehead atoms. The van der Waals surface area contributed by atoms with E-state index in [1.807, 2.05) is 0 Å². The highest BCUT2D eigenvalue weighted by atomic mass is 32.2. The molecule has 2 aromatic carbocycles. The Morgan fingerprint density at radius 2 is 1.63 bits per heavy atom. The zero-order valence-corrected chi connectivity index (χ0v) is 17.9. The van der Waals surface area contributed by atoms with Crippen LogP contribution in [0.5, 0.6) is 0 Å². The maximum Gasteiger partial charge on any atom is 0.258 e. The monoisotopic (exact) mass is 427 g/mol. The predicted molar refractivity (Wildman–Crippen MR) is 115 cm³/mol. The van der Waals surface area contributed by atoms with Gasteiger partial charge in [-0.05, 0) is 54.7 Å². The number of rotatable bonds is 3. The van der Waals surface area contributed by atoms with Crippen LogP contribution < -0.4 is 10.2 Å². The van der Waals surface area contributed by atoms with E-state index in [9.17, 15) is 18.0 Å². The van der Waals surface area contributed by atoms with Gasteiger partial charge in [-0.15, -0.1) is 0 Å². The number of sulfonamides is 1. The molecular weight excluding hydrogens is 402 g/mol. The Hall–Kier alpha value is -2.71. The van der Waals surface area contributed by atoms with Crippen molar-refractivity contribution < 1.29 is 18.0 Å². The van der Waals surface area contributed by atoms with Crippen molar-refractivity contribution in [1.82, 2.24) is 4.31 Å². The molecule has 8 heteroatoms. The van der Waals surface area contributed by atoms with Crippen LogP contribution in [0.4, 0.5) is 11.4 Å². The number of anilines is 2. The minimum atomic E-state index is -3.61. The Morgan fingerprint density at radius 1 is 1.00 bits per heavy atom. The van der Waals surface area contributed by atoms with Gasteiger partial charge >= 0.3 is 0 Å². The molecule has 0 aliphatic carbocycles. The largest absolute Gasteiger partial charge is 0.323 e. The van der Waals surface area contributed by atoms with Crippen LogP contribution in [-0.2, 0) is 14.8 Å². The molecule has 158 valence electrons. The average molecular weight is 428 g/mol. The molecule has 7 nitrogen and oxygen atoms in total. The van der Waals surface area contributed by atoms with Gasteiger partial charge in [-0.3, -0.25) is 14.5 Å². The summed E-state index contributed by atoms with van der Waals surface area (Å²) < 4.78 is 27.6. The summed E-state index contributed by atoms with van der Waals surface area (Å²) in [6.07, 6.45) is 1.02. The van der Waals surface area contributed by atoms with Crippen LogP contribution in [0.15, 0.2) is 53.4 Å². The van der Waals surface area contributed by atoms with E-state index in [0.29, 0.717) is 41.9 Å². The van der Waals surface area contributed by atoms with Crippen molar-refractivity contribution in [1.29, 1.82) is 0 Å². The smallest absolute Gasteiger partial charge is 0.258 e. The van der Waals surface area contributed by atoms with Gasteiger partial charge in [0.15, 0.2) is 0 Å². The van der Waals surface area contributed by atoms with Crippen molar-refractivity contribution in [3.05, 3.63) is 54.1 Å². The molecule has 2 heterocycles. The minimum absolute atomic E-state index is 0.0839. The summed E-state index contributed by atoms with van der Waals surface area (Å²) in [6.45, 7) is 5.05. The Balaban J connectivity index is 1.58. The number of nitrogens with zero attached hydrogens (tertiary/aromatic N) is 2. The van der Waals surface area contributed by atoms with Crippen LogP contribution in [0.2, 0.25) is 0 Å². The molecule has 2 aliphatic heterocycles. The van der Waals surface area contributed by atoms with Crippen molar-refractivity contribution in [2.24, 2.45) is 11.8 Å². The van der Waals surface area contributed by atoms with E-state index in [4.69, 9.17) is 0 Å². The van der Waals surface area contributed by atoms with Gasteiger partial charge in [-0.25, -0.2) is 8.42 Å². The first-order valence-electron chi connectivity index (χ1n) is 10.1. The molecule has 0 spiro atoms. The van der Waals surface area contributed by atoms with Gasteiger partial charge in [0.1, 0.15) is 6.54 Å². The van der Waals surface area contributed by atoms with Crippen molar-refractivity contribution in [3.63, 3.8) is 0 Å². The number of fused-ring (bicyclic) bond motifs is 1. The van der Waals surface area contributed by atoms with Crippen LogP contribution in [-0.4, -0.2) is 44.2 Å². The Bertz CT molecular complexity index is 1070. The molecule has 1 fully saturated rings. The molecule has 0 aromatic heterocycles. The van der Waals surface area contributed by atoms with Crippen molar-refractivity contribution in [2.75, 3.05) is 29.9 Å². The van der Waals surface area contributed by atoms with Crippen LogP contribution in [0.1, 0.15) is 30.6 Å². The number of carbonyl (C=O) groups is 2. The number of carbonyl (C=O) groups excluding carboxylic acids is 2. The molecule has 0 unspecified atom stereocenters. The van der Waals surface area contributed by atoms with Gasteiger partial charge < -0.3 is 5.32 Å². The normalized spacial score (nSPS) is 22.3. The van der Waals surface area contributed by atoms with Gasteiger partial charge in [-0.1, -0.05) is 26.0 Å². The molecule has 1 N–H and O–H groups in total. The summed E-state index contributed by atoms with van der Waals surface area (Å²) in [7, 11) is -3.61. The summed E-state index contributed by atoms with van der Waals surface area (Å²) in [5.74, 6) is 0.0143.